The Morgan fingerprint density at radius 2 is 2.11 bits per heavy atom. The van der Waals surface area contributed by atoms with Crippen LogP contribution < -0.4 is 10.2 Å². The van der Waals surface area contributed by atoms with E-state index < -0.39 is 0 Å². The minimum Gasteiger partial charge on any atom is -0.348 e. The van der Waals surface area contributed by atoms with Crippen LogP contribution in [0.15, 0.2) is 0 Å². The van der Waals surface area contributed by atoms with Crippen molar-refractivity contribution in [2.75, 3.05) is 19.0 Å². The van der Waals surface area contributed by atoms with Gasteiger partial charge in [-0.3, -0.25) is 0 Å². The predicted molar refractivity (Wildman–Crippen MR) is 75.3 cm³/mol. The molecule has 0 aromatic carbocycles. The first-order valence-corrected chi connectivity index (χ1v) is 7.31. The number of hydrogen-bond acceptors (Lipinski definition) is 5. The SMILES string of the molecule is CNC1CCC(N(C)c2nc(Cl)c(C#N)s2)CC1. The Morgan fingerprint density at radius 1 is 1.44 bits per heavy atom. The van der Waals surface area contributed by atoms with E-state index in [1.807, 2.05) is 14.1 Å². The standard InChI is InChI=1S/C12H17ClN4S/c1-15-8-3-5-9(6-4-8)17(2)12-16-11(13)10(7-14)18-12/h8-9,15H,3-6H2,1-2H3. The van der Waals surface area contributed by atoms with Gasteiger partial charge in [0, 0.05) is 19.1 Å². The third-order valence-electron chi connectivity index (χ3n) is 3.63. The molecule has 1 aliphatic carbocycles. The van der Waals surface area contributed by atoms with Crippen LogP contribution in [0, 0.1) is 11.3 Å². The average Bonchev–Trinajstić information content (AvgIpc) is 2.79. The topological polar surface area (TPSA) is 52.0 Å². The summed E-state index contributed by atoms with van der Waals surface area (Å²) in [5.74, 6) is 0. The molecule has 2 rings (SSSR count). The summed E-state index contributed by atoms with van der Waals surface area (Å²) >= 11 is 7.29. The van der Waals surface area contributed by atoms with Gasteiger partial charge in [-0.05, 0) is 32.7 Å². The maximum atomic E-state index is 8.90. The minimum absolute atomic E-state index is 0.327. The van der Waals surface area contributed by atoms with Crippen molar-refractivity contribution in [3.8, 4) is 6.07 Å². The highest BCUT2D eigenvalue weighted by Crippen LogP contribution is 2.32. The number of thiazole rings is 1. The normalized spacial score (nSPS) is 23.7. The summed E-state index contributed by atoms with van der Waals surface area (Å²) in [6.45, 7) is 0. The van der Waals surface area contributed by atoms with Gasteiger partial charge in [0.1, 0.15) is 10.9 Å². The molecule has 0 atom stereocenters. The molecule has 1 aromatic heterocycles. The van der Waals surface area contributed by atoms with E-state index in [4.69, 9.17) is 16.9 Å². The van der Waals surface area contributed by atoms with Crippen molar-refractivity contribution in [2.45, 2.75) is 37.8 Å². The lowest BCUT2D eigenvalue weighted by atomic mass is 9.91. The van der Waals surface area contributed by atoms with E-state index in [2.05, 4.69) is 21.3 Å². The van der Waals surface area contributed by atoms with Gasteiger partial charge in [-0.1, -0.05) is 22.9 Å². The van der Waals surface area contributed by atoms with Crippen molar-refractivity contribution < 1.29 is 0 Å². The number of aromatic nitrogens is 1. The maximum absolute atomic E-state index is 8.90. The van der Waals surface area contributed by atoms with Crippen LogP contribution >= 0.6 is 22.9 Å². The van der Waals surface area contributed by atoms with E-state index in [9.17, 15) is 0 Å². The quantitative estimate of drug-likeness (QED) is 0.927. The Hall–Kier alpha value is -0.830. The highest BCUT2D eigenvalue weighted by atomic mass is 35.5. The van der Waals surface area contributed by atoms with Crippen LogP contribution in [0.5, 0.6) is 0 Å². The van der Waals surface area contributed by atoms with E-state index >= 15 is 0 Å². The van der Waals surface area contributed by atoms with E-state index in [1.54, 1.807) is 0 Å². The molecular weight excluding hydrogens is 268 g/mol. The van der Waals surface area contributed by atoms with Crippen molar-refractivity contribution in [3.63, 3.8) is 0 Å². The van der Waals surface area contributed by atoms with Gasteiger partial charge < -0.3 is 10.2 Å². The second-order valence-electron chi connectivity index (χ2n) is 4.63. The smallest absolute Gasteiger partial charge is 0.188 e. The number of nitrogens with zero attached hydrogens (tertiary/aromatic N) is 3. The molecule has 0 unspecified atom stereocenters. The average molecular weight is 285 g/mol. The summed E-state index contributed by atoms with van der Waals surface area (Å²) in [5.41, 5.74) is 0. The lowest BCUT2D eigenvalue weighted by molar-refractivity contribution is 0.351. The monoisotopic (exact) mass is 284 g/mol. The Labute approximate surface area is 117 Å². The van der Waals surface area contributed by atoms with Gasteiger partial charge in [0.2, 0.25) is 0 Å². The molecule has 1 heterocycles. The van der Waals surface area contributed by atoms with Gasteiger partial charge in [-0.15, -0.1) is 0 Å². The summed E-state index contributed by atoms with van der Waals surface area (Å²) in [7, 11) is 4.06. The summed E-state index contributed by atoms with van der Waals surface area (Å²) in [4.78, 5) is 6.94. The number of anilines is 1. The Balaban J connectivity index is 2.03. The van der Waals surface area contributed by atoms with E-state index in [1.165, 1.54) is 24.2 Å². The van der Waals surface area contributed by atoms with Crippen LogP contribution in [0.25, 0.3) is 0 Å². The first kappa shape index (κ1) is 13.6. The second kappa shape index (κ2) is 5.87. The molecule has 1 N–H and O–H groups in total. The highest BCUT2D eigenvalue weighted by molar-refractivity contribution is 7.16. The molecule has 0 spiro atoms. The third kappa shape index (κ3) is 2.77. The number of hydrogen-bond donors (Lipinski definition) is 1. The van der Waals surface area contributed by atoms with Crippen LogP contribution in [-0.2, 0) is 0 Å². The summed E-state index contributed by atoms with van der Waals surface area (Å²) in [6, 6.07) is 3.22. The number of nitrogens with one attached hydrogen (secondary N) is 1. The molecule has 1 aliphatic rings. The maximum Gasteiger partial charge on any atom is 0.188 e. The fraction of sp³-hybridized carbons (Fsp3) is 0.667. The molecule has 0 aliphatic heterocycles. The number of halogens is 1. The van der Waals surface area contributed by atoms with Gasteiger partial charge in [0.05, 0.1) is 0 Å². The molecule has 98 valence electrons. The first-order chi connectivity index (χ1) is 8.65. The fourth-order valence-electron chi connectivity index (χ4n) is 2.42. The van der Waals surface area contributed by atoms with Crippen LogP contribution in [0.3, 0.4) is 0 Å². The zero-order valence-corrected chi connectivity index (χ0v) is 12.2. The van der Waals surface area contributed by atoms with Crippen LogP contribution in [-0.4, -0.2) is 31.2 Å². The van der Waals surface area contributed by atoms with E-state index in [0.29, 0.717) is 22.1 Å². The van der Waals surface area contributed by atoms with Crippen LogP contribution in [0.4, 0.5) is 5.13 Å². The van der Waals surface area contributed by atoms with Gasteiger partial charge in [0.15, 0.2) is 10.3 Å². The van der Waals surface area contributed by atoms with Crippen LogP contribution in [0.2, 0.25) is 5.15 Å². The van der Waals surface area contributed by atoms with Gasteiger partial charge in [-0.25, -0.2) is 4.98 Å². The van der Waals surface area contributed by atoms with E-state index in [-0.39, 0.29) is 0 Å². The van der Waals surface area contributed by atoms with Crippen molar-refractivity contribution in [1.82, 2.24) is 10.3 Å². The number of rotatable bonds is 3. The van der Waals surface area contributed by atoms with E-state index in [0.717, 1.165) is 18.0 Å². The summed E-state index contributed by atoms with van der Waals surface area (Å²) in [6.07, 6.45) is 4.69. The molecule has 0 radical (unpaired) electrons. The zero-order valence-electron chi connectivity index (χ0n) is 10.6. The van der Waals surface area contributed by atoms with Gasteiger partial charge in [-0.2, -0.15) is 5.26 Å². The lowest BCUT2D eigenvalue weighted by Crippen LogP contribution is -2.39. The molecule has 1 aromatic rings. The third-order valence-corrected chi connectivity index (χ3v) is 5.07. The first-order valence-electron chi connectivity index (χ1n) is 6.12. The minimum atomic E-state index is 0.327. The molecule has 4 nitrogen and oxygen atoms in total. The lowest BCUT2D eigenvalue weighted by Gasteiger charge is -2.34. The highest BCUT2D eigenvalue weighted by Gasteiger charge is 2.25. The fourth-order valence-corrected chi connectivity index (χ4v) is 3.49. The van der Waals surface area contributed by atoms with Gasteiger partial charge >= 0.3 is 0 Å². The molecule has 0 bridgehead atoms. The molecule has 0 amide bonds. The predicted octanol–water partition coefficient (Wildman–Crippen LogP) is 2.63. The molecule has 0 saturated heterocycles. The summed E-state index contributed by atoms with van der Waals surface area (Å²) < 4.78 is 0. The largest absolute Gasteiger partial charge is 0.348 e. The molecular formula is C12H17ClN4S. The Morgan fingerprint density at radius 3 is 2.61 bits per heavy atom. The Kier molecular flexibility index (Phi) is 4.44. The van der Waals surface area contributed by atoms with Crippen molar-refractivity contribution in [1.29, 1.82) is 5.26 Å². The second-order valence-corrected chi connectivity index (χ2v) is 5.97. The number of nitriles is 1. The molecule has 18 heavy (non-hydrogen) atoms. The van der Waals surface area contributed by atoms with Gasteiger partial charge in [0.25, 0.3) is 0 Å². The van der Waals surface area contributed by atoms with Crippen LogP contribution in [0.1, 0.15) is 30.6 Å². The molecule has 1 saturated carbocycles. The zero-order chi connectivity index (χ0) is 13.1. The molecule has 6 heteroatoms. The van der Waals surface area contributed by atoms with Crippen molar-refractivity contribution in [3.05, 3.63) is 10.0 Å². The summed E-state index contributed by atoms with van der Waals surface area (Å²) in [5, 5.41) is 13.4. The van der Waals surface area contributed by atoms with Crippen molar-refractivity contribution in [2.24, 2.45) is 0 Å². The Bertz CT molecular complexity index is 445. The van der Waals surface area contributed by atoms with Crippen molar-refractivity contribution >= 4 is 28.1 Å². The molecule has 1 fully saturated rings.